The highest BCUT2D eigenvalue weighted by molar-refractivity contribution is 6.30. The van der Waals surface area contributed by atoms with Gasteiger partial charge in [0, 0.05) is 42.5 Å². The lowest BCUT2D eigenvalue weighted by molar-refractivity contribution is 0.101. The third kappa shape index (κ3) is 4.15. The van der Waals surface area contributed by atoms with E-state index in [2.05, 4.69) is 23.1 Å². The standard InChI is InChI=1S/C30H27ClN4O2/c1-18(36)21-7-9-25-26(17-21)33-30(34(2)29(25)37)35-14-11-19(12-15-35)27-24-10-8-23(31)16-22(24)6-5-20-4-3-13-32-28(20)27/h3-4,7-10,13,16-17H,5-6,11-12,14-15H2,1-2H3. The number of aryl methyl sites for hydroxylation is 2. The molecule has 0 N–H and O–H groups in total. The van der Waals surface area contributed by atoms with Gasteiger partial charge in [-0.3, -0.25) is 19.1 Å². The lowest BCUT2D eigenvalue weighted by atomic mass is 9.88. The summed E-state index contributed by atoms with van der Waals surface area (Å²) < 4.78 is 1.62. The highest BCUT2D eigenvalue weighted by Crippen LogP contribution is 2.38. The lowest BCUT2D eigenvalue weighted by Crippen LogP contribution is -2.36. The molecule has 0 radical (unpaired) electrons. The summed E-state index contributed by atoms with van der Waals surface area (Å²) in [5.74, 6) is 0.591. The molecule has 2 aromatic heterocycles. The number of rotatable bonds is 2. The maximum atomic E-state index is 13.1. The van der Waals surface area contributed by atoms with E-state index in [0.29, 0.717) is 22.4 Å². The number of nitrogens with zero attached hydrogens (tertiary/aromatic N) is 4. The van der Waals surface area contributed by atoms with Crippen molar-refractivity contribution < 1.29 is 4.79 Å². The van der Waals surface area contributed by atoms with Crippen LogP contribution in [0.1, 0.15) is 52.5 Å². The molecule has 1 saturated heterocycles. The monoisotopic (exact) mass is 510 g/mol. The van der Waals surface area contributed by atoms with Crippen LogP contribution in [-0.2, 0) is 19.9 Å². The number of piperidine rings is 1. The topological polar surface area (TPSA) is 68.1 Å². The average molecular weight is 511 g/mol. The zero-order valence-electron chi connectivity index (χ0n) is 20.9. The van der Waals surface area contributed by atoms with Crippen molar-refractivity contribution in [3.63, 3.8) is 0 Å². The van der Waals surface area contributed by atoms with Gasteiger partial charge in [-0.1, -0.05) is 35.4 Å². The summed E-state index contributed by atoms with van der Waals surface area (Å²) in [6.45, 7) is 3.00. The number of fused-ring (bicyclic) bond motifs is 3. The number of hydrogen-bond donors (Lipinski definition) is 0. The van der Waals surface area contributed by atoms with Crippen molar-refractivity contribution in [2.45, 2.75) is 32.6 Å². The van der Waals surface area contributed by atoms with Gasteiger partial charge in [0.05, 0.1) is 16.6 Å². The normalized spacial score (nSPS) is 15.4. The molecule has 3 heterocycles. The molecule has 6 nitrogen and oxygen atoms in total. The molecule has 2 aliphatic rings. The van der Waals surface area contributed by atoms with Gasteiger partial charge in [0.2, 0.25) is 5.95 Å². The maximum absolute atomic E-state index is 13.1. The molecule has 6 rings (SSSR count). The first-order chi connectivity index (χ1) is 17.9. The van der Waals surface area contributed by atoms with E-state index in [9.17, 15) is 9.59 Å². The minimum absolute atomic E-state index is 0.0426. The number of hydrogen-bond acceptors (Lipinski definition) is 5. The molecule has 0 unspecified atom stereocenters. The fourth-order valence-electron chi connectivity index (χ4n) is 5.62. The third-order valence-electron chi connectivity index (χ3n) is 7.59. The van der Waals surface area contributed by atoms with Gasteiger partial charge in [-0.2, -0.15) is 0 Å². The average Bonchev–Trinajstić information content (AvgIpc) is 3.07. The van der Waals surface area contributed by atoms with E-state index in [4.69, 9.17) is 21.6 Å². The zero-order chi connectivity index (χ0) is 25.7. The molecule has 0 amide bonds. The molecule has 0 atom stereocenters. The predicted molar refractivity (Wildman–Crippen MR) is 148 cm³/mol. The first-order valence-corrected chi connectivity index (χ1v) is 13.0. The van der Waals surface area contributed by atoms with Crippen LogP contribution in [-0.4, -0.2) is 33.4 Å². The van der Waals surface area contributed by atoms with Crippen LogP contribution in [0.5, 0.6) is 0 Å². The van der Waals surface area contributed by atoms with Crippen LogP contribution >= 0.6 is 11.6 Å². The van der Waals surface area contributed by atoms with Crippen molar-refractivity contribution in [1.29, 1.82) is 0 Å². The molecule has 4 aromatic rings. The van der Waals surface area contributed by atoms with Gasteiger partial charge < -0.3 is 4.90 Å². The number of carbonyl (C=O) groups is 1. The van der Waals surface area contributed by atoms with Crippen LogP contribution < -0.4 is 10.5 Å². The summed E-state index contributed by atoms with van der Waals surface area (Å²) in [6.07, 6.45) is 5.43. The van der Waals surface area contributed by atoms with E-state index in [1.165, 1.54) is 34.8 Å². The Kier molecular flexibility index (Phi) is 5.92. The van der Waals surface area contributed by atoms with Crippen LogP contribution in [0.25, 0.3) is 16.5 Å². The summed E-state index contributed by atoms with van der Waals surface area (Å²) in [7, 11) is 1.77. The zero-order valence-corrected chi connectivity index (χ0v) is 21.7. The molecule has 186 valence electrons. The molecular weight excluding hydrogens is 484 g/mol. The molecule has 1 fully saturated rings. The van der Waals surface area contributed by atoms with E-state index < -0.39 is 0 Å². The van der Waals surface area contributed by atoms with Gasteiger partial charge in [-0.15, -0.1) is 0 Å². The van der Waals surface area contributed by atoms with Crippen LogP contribution in [0, 0.1) is 0 Å². The van der Waals surface area contributed by atoms with Gasteiger partial charge in [-0.25, -0.2) is 4.98 Å². The molecule has 2 aromatic carbocycles. The number of halogens is 1. The molecule has 7 heteroatoms. The number of Topliss-reactive ketones (excluding diaryl/α,β-unsaturated/α-hetero) is 1. The molecule has 0 saturated carbocycles. The summed E-state index contributed by atoms with van der Waals surface area (Å²) in [6, 6.07) is 15.5. The van der Waals surface area contributed by atoms with Gasteiger partial charge in [-0.05, 0) is 79.6 Å². The predicted octanol–water partition coefficient (Wildman–Crippen LogP) is 5.39. The molecule has 1 aliphatic carbocycles. The number of pyridine rings is 1. The Bertz CT molecular complexity index is 1660. The van der Waals surface area contributed by atoms with Crippen LogP contribution in [0.3, 0.4) is 0 Å². The minimum atomic E-state index is -0.105. The quantitative estimate of drug-likeness (QED) is 0.338. The van der Waals surface area contributed by atoms with Gasteiger partial charge in [0.1, 0.15) is 0 Å². The number of anilines is 1. The van der Waals surface area contributed by atoms with Gasteiger partial charge >= 0.3 is 0 Å². The van der Waals surface area contributed by atoms with Gasteiger partial charge in [0.15, 0.2) is 5.78 Å². The third-order valence-corrected chi connectivity index (χ3v) is 7.83. The van der Waals surface area contributed by atoms with Crippen molar-refractivity contribution in [3.8, 4) is 0 Å². The van der Waals surface area contributed by atoms with E-state index in [1.807, 2.05) is 18.3 Å². The Labute approximate surface area is 220 Å². The number of carbonyl (C=O) groups excluding carboxylic acids is 1. The highest BCUT2D eigenvalue weighted by atomic mass is 35.5. The smallest absolute Gasteiger partial charge is 0.262 e. The summed E-state index contributed by atoms with van der Waals surface area (Å²) in [5.41, 5.74) is 8.42. The Hall–Kier alpha value is -3.77. The first kappa shape index (κ1) is 23.6. The van der Waals surface area contributed by atoms with Crippen molar-refractivity contribution in [1.82, 2.24) is 14.5 Å². The Morgan fingerprint density at radius 3 is 2.54 bits per heavy atom. The number of benzene rings is 2. The Balaban J connectivity index is 1.40. The second-order valence-corrected chi connectivity index (χ2v) is 10.3. The highest BCUT2D eigenvalue weighted by Gasteiger charge is 2.26. The van der Waals surface area contributed by atoms with E-state index in [-0.39, 0.29) is 11.3 Å². The maximum Gasteiger partial charge on any atom is 0.262 e. The van der Waals surface area contributed by atoms with E-state index in [0.717, 1.165) is 49.5 Å². The van der Waals surface area contributed by atoms with Crippen LogP contribution in [0.4, 0.5) is 5.95 Å². The summed E-state index contributed by atoms with van der Waals surface area (Å²) in [4.78, 5) is 36.8. The number of ketones is 1. The number of aromatic nitrogens is 3. The molecule has 37 heavy (non-hydrogen) atoms. The summed E-state index contributed by atoms with van der Waals surface area (Å²) >= 11 is 6.37. The van der Waals surface area contributed by atoms with E-state index in [1.54, 1.807) is 29.8 Å². The fourth-order valence-corrected chi connectivity index (χ4v) is 5.82. The van der Waals surface area contributed by atoms with Crippen molar-refractivity contribution >= 4 is 39.8 Å². The minimum Gasteiger partial charge on any atom is -0.342 e. The SMILES string of the molecule is CC(=O)c1ccc2c(=O)n(C)c(N3CCC(=C4c5ccc(Cl)cc5CCc5cccnc54)CC3)nc2c1. The first-order valence-electron chi connectivity index (χ1n) is 12.6. The van der Waals surface area contributed by atoms with Crippen molar-refractivity contribution in [2.24, 2.45) is 7.05 Å². The summed E-state index contributed by atoms with van der Waals surface area (Å²) in [5, 5.41) is 1.28. The van der Waals surface area contributed by atoms with Gasteiger partial charge in [0.25, 0.3) is 5.56 Å². The van der Waals surface area contributed by atoms with Crippen LogP contribution in [0.2, 0.25) is 5.02 Å². The Morgan fingerprint density at radius 1 is 0.973 bits per heavy atom. The molecule has 0 bridgehead atoms. The largest absolute Gasteiger partial charge is 0.342 e. The van der Waals surface area contributed by atoms with Crippen molar-refractivity contribution in [2.75, 3.05) is 18.0 Å². The fraction of sp³-hybridized carbons (Fsp3) is 0.267. The lowest BCUT2D eigenvalue weighted by Gasteiger charge is -2.32. The van der Waals surface area contributed by atoms with E-state index >= 15 is 0 Å². The molecule has 0 spiro atoms. The van der Waals surface area contributed by atoms with Crippen molar-refractivity contribution in [3.05, 3.63) is 104 Å². The second kappa shape index (κ2) is 9.27. The molecular formula is C30H27ClN4O2. The molecule has 1 aliphatic heterocycles. The van der Waals surface area contributed by atoms with Crippen LogP contribution in [0.15, 0.2) is 65.1 Å². The second-order valence-electron chi connectivity index (χ2n) is 9.84. The Morgan fingerprint density at radius 2 is 1.76 bits per heavy atom.